The van der Waals surface area contributed by atoms with Crippen LogP contribution in [0.2, 0.25) is 0 Å². The second kappa shape index (κ2) is 5.35. The fraction of sp³-hybridized carbons (Fsp3) is 0.300. The zero-order valence-corrected chi connectivity index (χ0v) is 9.05. The van der Waals surface area contributed by atoms with Gasteiger partial charge in [-0.1, -0.05) is 0 Å². The lowest BCUT2D eigenvalue weighted by atomic mass is 10.1. The van der Waals surface area contributed by atoms with Gasteiger partial charge in [-0.05, 0) is 11.6 Å². The minimum Gasteiger partial charge on any atom is -0.468 e. The van der Waals surface area contributed by atoms with Gasteiger partial charge in [-0.3, -0.25) is 14.9 Å². The summed E-state index contributed by atoms with van der Waals surface area (Å²) in [6.45, 7) is 0. The molecule has 0 bridgehead atoms. The van der Waals surface area contributed by atoms with Crippen molar-refractivity contribution in [2.75, 3.05) is 7.11 Å². The third-order valence-electron chi connectivity index (χ3n) is 2.18. The summed E-state index contributed by atoms with van der Waals surface area (Å²) in [7, 11) is 1.16. The highest BCUT2D eigenvalue weighted by Crippen LogP contribution is 2.18. The van der Waals surface area contributed by atoms with Crippen molar-refractivity contribution in [2.45, 2.75) is 12.5 Å². The number of rotatable bonds is 4. The van der Waals surface area contributed by atoms with Crippen molar-refractivity contribution in [3.05, 3.63) is 39.7 Å². The molecule has 1 atom stereocenters. The number of methoxy groups -OCH3 is 1. The van der Waals surface area contributed by atoms with Crippen LogP contribution < -0.4 is 5.73 Å². The van der Waals surface area contributed by atoms with E-state index in [0.29, 0.717) is 0 Å². The Morgan fingerprint density at radius 3 is 2.82 bits per heavy atom. The van der Waals surface area contributed by atoms with E-state index < -0.39 is 22.8 Å². The third kappa shape index (κ3) is 3.22. The molecule has 0 heterocycles. The SMILES string of the molecule is COC(=O)[C@@H](N)Cc1cc([N+](=O)[O-])ccc1F. The van der Waals surface area contributed by atoms with Crippen molar-refractivity contribution < 1.29 is 18.8 Å². The predicted molar refractivity (Wildman–Crippen MR) is 56.7 cm³/mol. The Bertz CT molecular complexity index is 450. The van der Waals surface area contributed by atoms with Crippen LogP contribution in [0.1, 0.15) is 5.56 Å². The molecule has 0 aliphatic rings. The van der Waals surface area contributed by atoms with Crippen LogP contribution in [0.5, 0.6) is 0 Å². The summed E-state index contributed by atoms with van der Waals surface area (Å²) in [5.74, 6) is -1.34. The minimum absolute atomic E-state index is 0.0112. The highest BCUT2D eigenvalue weighted by atomic mass is 19.1. The summed E-state index contributed by atoms with van der Waals surface area (Å²) in [6.07, 6.45) is -0.153. The lowest BCUT2D eigenvalue weighted by molar-refractivity contribution is -0.385. The quantitative estimate of drug-likeness (QED) is 0.478. The van der Waals surface area contributed by atoms with Crippen molar-refractivity contribution in [3.8, 4) is 0 Å². The minimum atomic E-state index is -1.04. The first-order valence-electron chi connectivity index (χ1n) is 4.72. The van der Waals surface area contributed by atoms with Gasteiger partial charge in [0.2, 0.25) is 0 Å². The van der Waals surface area contributed by atoms with Gasteiger partial charge in [-0.25, -0.2) is 4.39 Å². The number of carbonyl (C=O) groups excluding carboxylic acids is 1. The Morgan fingerprint density at radius 1 is 1.65 bits per heavy atom. The van der Waals surface area contributed by atoms with Crippen LogP contribution in [0.3, 0.4) is 0 Å². The molecule has 92 valence electrons. The molecule has 0 aliphatic heterocycles. The molecule has 0 aromatic heterocycles. The molecule has 1 aromatic carbocycles. The number of hydrogen-bond donors (Lipinski definition) is 1. The van der Waals surface area contributed by atoms with Crippen molar-refractivity contribution >= 4 is 11.7 Å². The molecule has 0 fully saturated rings. The van der Waals surface area contributed by atoms with E-state index >= 15 is 0 Å². The number of ether oxygens (including phenoxy) is 1. The van der Waals surface area contributed by atoms with Crippen LogP contribution in [0.15, 0.2) is 18.2 Å². The molecule has 0 spiro atoms. The Labute approximate surface area is 96.3 Å². The average molecular weight is 242 g/mol. The van der Waals surface area contributed by atoms with Gasteiger partial charge in [0.05, 0.1) is 12.0 Å². The van der Waals surface area contributed by atoms with Gasteiger partial charge in [-0.2, -0.15) is 0 Å². The van der Waals surface area contributed by atoms with Crippen LogP contribution in [0.4, 0.5) is 10.1 Å². The second-order valence-corrected chi connectivity index (χ2v) is 3.37. The molecular weight excluding hydrogens is 231 g/mol. The number of nitrogens with zero attached hydrogens (tertiary/aromatic N) is 1. The van der Waals surface area contributed by atoms with E-state index in [-0.39, 0.29) is 17.7 Å². The maximum Gasteiger partial charge on any atom is 0.322 e. The van der Waals surface area contributed by atoms with Gasteiger partial charge in [0.15, 0.2) is 0 Å². The summed E-state index contributed by atoms with van der Waals surface area (Å²) in [6, 6.07) is 2.02. The molecule has 7 heteroatoms. The fourth-order valence-corrected chi connectivity index (χ4v) is 1.30. The normalized spacial score (nSPS) is 11.9. The van der Waals surface area contributed by atoms with Gasteiger partial charge >= 0.3 is 5.97 Å². The summed E-state index contributed by atoms with van der Waals surface area (Å²) >= 11 is 0. The van der Waals surface area contributed by atoms with Crippen LogP contribution in [0.25, 0.3) is 0 Å². The van der Waals surface area contributed by atoms with E-state index in [1.807, 2.05) is 0 Å². The number of nitro benzene ring substituents is 1. The maximum atomic E-state index is 13.3. The molecule has 0 radical (unpaired) electrons. The van der Waals surface area contributed by atoms with Gasteiger partial charge in [0.1, 0.15) is 11.9 Å². The number of benzene rings is 1. The van der Waals surface area contributed by atoms with Gasteiger partial charge in [-0.15, -0.1) is 0 Å². The van der Waals surface area contributed by atoms with Crippen LogP contribution in [-0.4, -0.2) is 24.0 Å². The fourth-order valence-electron chi connectivity index (χ4n) is 1.30. The second-order valence-electron chi connectivity index (χ2n) is 3.37. The van der Waals surface area contributed by atoms with E-state index in [1.165, 1.54) is 0 Å². The Balaban J connectivity index is 2.93. The molecule has 6 nitrogen and oxygen atoms in total. The largest absolute Gasteiger partial charge is 0.468 e. The summed E-state index contributed by atoms with van der Waals surface area (Å²) < 4.78 is 17.7. The molecule has 17 heavy (non-hydrogen) atoms. The molecule has 0 amide bonds. The van der Waals surface area contributed by atoms with Crippen LogP contribution >= 0.6 is 0 Å². The Kier molecular flexibility index (Phi) is 4.11. The lowest BCUT2D eigenvalue weighted by Gasteiger charge is -2.09. The first-order chi connectivity index (χ1) is 7.95. The maximum absolute atomic E-state index is 13.3. The molecule has 0 aliphatic carbocycles. The molecular formula is C10H11FN2O4. The molecule has 1 rings (SSSR count). The van der Waals surface area contributed by atoms with Crippen molar-refractivity contribution in [3.63, 3.8) is 0 Å². The van der Waals surface area contributed by atoms with E-state index in [1.54, 1.807) is 0 Å². The summed E-state index contributed by atoms with van der Waals surface area (Å²) in [4.78, 5) is 20.9. The van der Waals surface area contributed by atoms with E-state index in [9.17, 15) is 19.3 Å². The molecule has 1 aromatic rings. The number of non-ortho nitro benzene ring substituents is 1. The molecule has 0 saturated carbocycles. The number of nitro groups is 1. The smallest absolute Gasteiger partial charge is 0.322 e. The molecule has 0 unspecified atom stereocenters. The average Bonchev–Trinajstić information content (AvgIpc) is 2.30. The third-order valence-corrected chi connectivity index (χ3v) is 2.18. The zero-order valence-electron chi connectivity index (χ0n) is 9.05. The lowest BCUT2D eigenvalue weighted by Crippen LogP contribution is -2.33. The first kappa shape index (κ1) is 13.0. The van der Waals surface area contributed by atoms with Crippen molar-refractivity contribution in [1.82, 2.24) is 0 Å². The molecule has 2 N–H and O–H groups in total. The van der Waals surface area contributed by atoms with Crippen LogP contribution in [0, 0.1) is 15.9 Å². The predicted octanol–water partition coefficient (Wildman–Crippen LogP) is 0.777. The van der Waals surface area contributed by atoms with Crippen molar-refractivity contribution in [2.24, 2.45) is 5.73 Å². The van der Waals surface area contributed by atoms with E-state index in [2.05, 4.69) is 4.74 Å². The number of hydrogen-bond acceptors (Lipinski definition) is 5. The summed E-state index contributed by atoms with van der Waals surface area (Å²) in [5.41, 5.74) is 5.20. The van der Waals surface area contributed by atoms with E-state index in [0.717, 1.165) is 25.3 Å². The van der Waals surface area contributed by atoms with Gasteiger partial charge in [0.25, 0.3) is 5.69 Å². The number of nitrogens with two attached hydrogens (primary N) is 1. The Hall–Kier alpha value is -2.02. The monoisotopic (exact) mass is 242 g/mol. The van der Waals surface area contributed by atoms with Gasteiger partial charge < -0.3 is 10.5 Å². The van der Waals surface area contributed by atoms with Crippen molar-refractivity contribution in [1.29, 1.82) is 0 Å². The standard InChI is InChI=1S/C10H11FN2O4/c1-17-10(14)9(12)5-6-4-7(13(15)16)2-3-8(6)11/h2-4,9H,5,12H2,1H3/t9-/m0/s1. The number of carbonyl (C=O) groups is 1. The Morgan fingerprint density at radius 2 is 2.29 bits per heavy atom. The van der Waals surface area contributed by atoms with E-state index in [4.69, 9.17) is 5.73 Å². The highest BCUT2D eigenvalue weighted by molar-refractivity contribution is 5.75. The topological polar surface area (TPSA) is 95.5 Å². The highest BCUT2D eigenvalue weighted by Gasteiger charge is 2.18. The summed E-state index contributed by atoms with van der Waals surface area (Å²) in [5, 5.41) is 10.5. The number of esters is 1. The number of halogens is 1. The van der Waals surface area contributed by atoms with Crippen LogP contribution in [-0.2, 0) is 16.0 Å². The molecule has 0 saturated heterocycles. The van der Waals surface area contributed by atoms with Gasteiger partial charge in [0, 0.05) is 18.6 Å². The first-order valence-corrected chi connectivity index (χ1v) is 4.72. The zero-order chi connectivity index (χ0) is 13.0.